The van der Waals surface area contributed by atoms with Gasteiger partial charge in [0.15, 0.2) is 0 Å². The first kappa shape index (κ1) is 11.6. The summed E-state index contributed by atoms with van der Waals surface area (Å²) >= 11 is 0. The van der Waals surface area contributed by atoms with Crippen molar-refractivity contribution in [1.29, 1.82) is 0 Å². The Morgan fingerprint density at radius 1 is 1.31 bits per heavy atom. The average Bonchev–Trinajstić information content (AvgIpc) is 2.58. The van der Waals surface area contributed by atoms with Gasteiger partial charge in [-0.1, -0.05) is 33.8 Å². The summed E-state index contributed by atoms with van der Waals surface area (Å²) in [5.41, 5.74) is 1.61. The maximum atomic E-state index is 10.3. The molecule has 0 amide bonds. The number of rotatable bonds is 3. The third kappa shape index (κ3) is 1.65. The molecule has 0 spiro atoms. The quantitative estimate of drug-likeness (QED) is 0.848. The Balaban J connectivity index is 2.04. The molecule has 0 aromatic carbocycles. The number of hydrogen-bond acceptors (Lipinski definition) is 2. The highest BCUT2D eigenvalue weighted by Crippen LogP contribution is 2.69. The van der Waals surface area contributed by atoms with Crippen LogP contribution in [0.15, 0.2) is 24.5 Å². The van der Waals surface area contributed by atoms with Crippen LogP contribution in [-0.4, -0.2) is 16.2 Å². The van der Waals surface area contributed by atoms with Crippen molar-refractivity contribution in [3.8, 4) is 0 Å². The van der Waals surface area contributed by atoms with Gasteiger partial charge < -0.3 is 5.11 Å². The molecule has 2 rings (SSSR count). The third-order valence-electron chi connectivity index (χ3n) is 4.68. The molecule has 1 aromatic heterocycles. The molecule has 16 heavy (non-hydrogen) atoms. The number of aliphatic hydroxyl groups excluding tert-OH is 1. The zero-order chi connectivity index (χ0) is 12.0. The van der Waals surface area contributed by atoms with Crippen LogP contribution in [0.25, 0.3) is 0 Å². The molecule has 1 aliphatic rings. The highest BCUT2D eigenvalue weighted by atomic mass is 16.3. The fourth-order valence-electron chi connectivity index (χ4n) is 3.09. The lowest BCUT2D eigenvalue weighted by molar-refractivity contribution is 0.129. The van der Waals surface area contributed by atoms with Gasteiger partial charge >= 0.3 is 0 Å². The second-order valence-corrected chi connectivity index (χ2v) is 6.05. The second-order valence-electron chi connectivity index (χ2n) is 6.05. The van der Waals surface area contributed by atoms with E-state index in [2.05, 4.69) is 32.7 Å². The summed E-state index contributed by atoms with van der Waals surface area (Å²) in [6.45, 7) is 8.96. The molecule has 1 N–H and O–H groups in total. The molecule has 0 saturated heterocycles. The summed E-state index contributed by atoms with van der Waals surface area (Å²) in [6, 6.07) is 3.95. The van der Waals surface area contributed by atoms with E-state index in [4.69, 9.17) is 0 Å². The van der Waals surface area contributed by atoms with E-state index in [-0.39, 0.29) is 16.9 Å². The zero-order valence-electron chi connectivity index (χ0n) is 10.6. The summed E-state index contributed by atoms with van der Waals surface area (Å²) in [6.07, 6.45) is 4.06. The van der Waals surface area contributed by atoms with E-state index in [0.29, 0.717) is 12.3 Å². The van der Waals surface area contributed by atoms with Crippen LogP contribution < -0.4 is 0 Å². The van der Waals surface area contributed by atoms with E-state index >= 15 is 0 Å². The third-order valence-corrected chi connectivity index (χ3v) is 4.68. The van der Waals surface area contributed by atoms with Gasteiger partial charge in [-0.25, -0.2) is 0 Å². The topological polar surface area (TPSA) is 33.1 Å². The SMILES string of the molecule is CC1(C)C(C(O)Cc2cccnc2)C1(C)C. The lowest BCUT2D eigenvalue weighted by atomic mass is 10.0. The minimum Gasteiger partial charge on any atom is -0.392 e. The van der Waals surface area contributed by atoms with Gasteiger partial charge in [-0.3, -0.25) is 4.98 Å². The molecule has 1 aliphatic carbocycles. The van der Waals surface area contributed by atoms with Crippen LogP contribution in [0.4, 0.5) is 0 Å². The van der Waals surface area contributed by atoms with E-state index in [1.165, 1.54) is 0 Å². The largest absolute Gasteiger partial charge is 0.392 e. The summed E-state index contributed by atoms with van der Waals surface area (Å²) in [5, 5.41) is 10.3. The first-order chi connectivity index (χ1) is 7.37. The van der Waals surface area contributed by atoms with Crippen LogP contribution >= 0.6 is 0 Å². The van der Waals surface area contributed by atoms with Gasteiger partial charge in [-0.2, -0.15) is 0 Å². The molecule has 0 radical (unpaired) electrons. The molecule has 1 fully saturated rings. The van der Waals surface area contributed by atoms with Crippen LogP contribution in [0.1, 0.15) is 33.3 Å². The van der Waals surface area contributed by atoms with Gasteiger partial charge in [0, 0.05) is 18.8 Å². The van der Waals surface area contributed by atoms with Crippen molar-refractivity contribution in [2.24, 2.45) is 16.7 Å². The van der Waals surface area contributed by atoms with Gasteiger partial charge in [-0.05, 0) is 28.4 Å². The number of pyridine rings is 1. The van der Waals surface area contributed by atoms with Gasteiger partial charge in [0.25, 0.3) is 0 Å². The summed E-state index contributed by atoms with van der Waals surface area (Å²) in [5.74, 6) is 0.389. The maximum absolute atomic E-state index is 10.3. The fraction of sp³-hybridized carbons (Fsp3) is 0.643. The normalized spacial score (nSPS) is 24.1. The van der Waals surface area contributed by atoms with Crippen LogP contribution in [-0.2, 0) is 6.42 Å². The maximum Gasteiger partial charge on any atom is 0.0619 e. The van der Waals surface area contributed by atoms with Crippen molar-refractivity contribution in [2.75, 3.05) is 0 Å². The Bertz CT molecular complexity index is 356. The average molecular weight is 219 g/mol. The van der Waals surface area contributed by atoms with Gasteiger partial charge in [0.2, 0.25) is 0 Å². The van der Waals surface area contributed by atoms with Crippen molar-refractivity contribution >= 4 is 0 Å². The first-order valence-electron chi connectivity index (χ1n) is 5.94. The summed E-state index contributed by atoms with van der Waals surface area (Å²) < 4.78 is 0. The Morgan fingerprint density at radius 3 is 2.38 bits per heavy atom. The minimum atomic E-state index is -0.255. The standard InChI is InChI=1S/C14H21NO/c1-13(2)12(14(13,3)4)11(16)8-10-6-5-7-15-9-10/h5-7,9,11-12,16H,8H2,1-4H3. The molecule has 1 saturated carbocycles. The fourth-order valence-corrected chi connectivity index (χ4v) is 3.09. The summed E-state index contributed by atoms with van der Waals surface area (Å²) in [7, 11) is 0. The molecule has 2 nitrogen and oxygen atoms in total. The van der Waals surface area contributed by atoms with Gasteiger partial charge in [-0.15, -0.1) is 0 Å². The monoisotopic (exact) mass is 219 g/mol. The van der Waals surface area contributed by atoms with Gasteiger partial charge in [0.1, 0.15) is 0 Å². The Hall–Kier alpha value is -0.890. The van der Waals surface area contributed by atoms with Crippen molar-refractivity contribution in [2.45, 2.75) is 40.2 Å². The molecule has 2 heteroatoms. The van der Waals surface area contributed by atoms with Crippen LogP contribution in [0.5, 0.6) is 0 Å². The predicted octanol–water partition coefficient (Wildman–Crippen LogP) is 2.67. The molecular formula is C14H21NO. The van der Waals surface area contributed by atoms with Gasteiger partial charge in [0.05, 0.1) is 6.10 Å². The van der Waals surface area contributed by atoms with Crippen LogP contribution in [0, 0.1) is 16.7 Å². The molecule has 0 aliphatic heterocycles. The Morgan fingerprint density at radius 2 is 1.94 bits per heavy atom. The van der Waals surface area contributed by atoms with E-state index < -0.39 is 0 Å². The Labute approximate surface area is 97.7 Å². The van der Waals surface area contributed by atoms with Crippen molar-refractivity contribution < 1.29 is 5.11 Å². The molecule has 88 valence electrons. The number of hydrogen-bond donors (Lipinski definition) is 1. The van der Waals surface area contributed by atoms with Crippen LogP contribution in [0.3, 0.4) is 0 Å². The smallest absolute Gasteiger partial charge is 0.0619 e. The molecular weight excluding hydrogens is 198 g/mol. The minimum absolute atomic E-state index is 0.245. The predicted molar refractivity (Wildman–Crippen MR) is 65.0 cm³/mol. The molecule has 1 aromatic rings. The molecule has 0 bridgehead atoms. The molecule has 1 heterocycles. The van der Waals surface area contributed by atoms with Crippen molar-refractivity contribution in [3.63, 3.8) is 0 Å². The molecule has 1 atom stereocenters. The van der Waals surface area contributed by atoms with Crippen LogP contribution in [0.2, 0.25) is 0 Å². The van der Waals surface area contributed by atoms with E-state index in [9.17, 15) is 5.11 Å². The number of aromatic nitrogens is 1. The van der Waals surface area contributed by atoms with E-state index in [1.807, 2.05) is 18.3 Å². The number of nitrogens with zero attached hydrogens (tertiary/aromatic N) is 1. The number of aliphatic hydroxyl groups is 1. The van der Waals surface area contributed by atoms with Crippen molar-refractivity contribution in [3.05, 3.63) is 30.1 Å². The molecule has 1 unspecified atom stereocenters. The first-order valence-corrected chi connectivity index (χ1v) is 5.94. The second kappa shape index (κ2) is 3.56. The Kier molecular flexibility index (Phi) is 2.58. The lowest BCUT2D eigenvalue weighted by Gasteiger charge is -2.12. The van der Waals surface area contributed by atoms with E-state index in [1.54, 1.807) is 6.20 Å². The van der Waals surface area contributed by atoms with Crippen molar-refractivity contribution in [1.82, 2.24) is 4.98 Å². The lowest BCUT2D eigenvalue weighted by Crippen LogP contribution is -2.17. The zero-order valence-corrected chi connectivity index (χ0v) is 10.6. The highest BCUT2D eigenvalue weighted by Gasteiger charge is 2.66. The summed E-state index contributed by atoms with van der Waals surface area (Å²) in [4.78, 5) is 4.08. The van der Waals surface area contributed by atoms with E-state index in [0.717, 1.165) is 5.56 Å². The highest BCUT2D eigenvalue weighted by molar-refractivity contribution is 5.18.